The fourth-order valence-electron chi connectivity index (χ4n) is 1.08. The molecule has 0 aromatic heterocycles. The molecule has 0 aliphatic rings. The normalized spacial score (nSPS) is 11.1. The van der Waals surface area contributed by atoms with Crippen LogP contribution in [0.15, 0.2) is 23.2 Å². The van der Waals surface area contributed by atoms with Gasteiger partial charge in [0.05, 0.1) is 12.0 Å². The van der Waals surface area contributed by atoms with E-state index in [1.807, 2.05) is 0 Å². The van der Waals surface area contributed by atoms with E-state index in [2.05, 4.69) is 4.74 Å². The summed E-state index contributed by atoms with van der Waals surface area (Å²) in [5.41, 5.74) is 0.0195. The Balaban J connectivity index is 3.21. The number of esters is 1. The number of benzene rings is 1. The van der Waals surface area contributed by atoms with Crippen molar-refractivity contribution in [2.75, 3.05) is 7.11 Å². The van der Waals surface area contributed by atoms with Gasteiger partial charge in [-0.3, -0.25) is 10.1 Å². The average Bonchev–Trinajstić information content (AvgIpc) is 2.30. The van der Waals surface area contributed by atoms with E-state index in [0.717, 1.165) is 0 Å². The highest BCUT2D eigenvalue weighted by Gasteiger charge is 2.15. The predicted octanol–water partition coefficient (Wildman–Crippen LogP) is 3.00. The summed E-state index contributed by atoms with van der Waals surface area (Å²) in [6.07, 6.45) is 1.21. The summed E-state index contributed by atoms with van der Waals surface area (Å²) in [5, 5.41) is 10.3. The van der Waals surface area contributed by atoms with Gasteiger partial charge in [-0.1, -0.05) is 35.3 Å². The fourth-order valence-corrected chi connectivity index (χ4v) is 1.53. The zero-order chi connectivity index (χ0) is 13.0. The lowest BCUT2D eigenvalue weighted by Crippen LogP contribution is -1.99. The zero-order valence-corrected chi connectivity index (χ0v) is 10.2. The van der Waals surface area contributed by atoms with Crippen LogP contribution in [0.4, 0.5) is 5.69 Å². The van der Waals surface area contributed by atoms with Gasteiger partial charge in [0.1, 0.15) is 10.1 Å². The van der Waals surface area contributed by atoms with Gasteiger partial charge in [-0.2, -0.15) is 0 Å². The van der Waals surface area contributed by atoms with Crippen molar-refractivity contribution in [2.45, 2.75) is 0 Å². The van der Waals surface area contributed by atoms with Gasteiger partial charge < -0.3 is 4.74 Å². The second-order valence-corrected chi connectivity index (χ2v) is 3.71. The Morgan fingerprint density at radius 3 is 2.71 bits per heavy atom. The van der Waals surface area contributed by atoms with Crippen LogP contribution in [0.1, 0.15) is 5.56 Å². The average molecular weight is 276 g/mol. The number of nitro groups is 1. The van der Waals surface area contributed by atoms with Crippen molar-refractivity contribution in [2.24, 2.45) is 0 Å². The Labute approximate surface area is 107 Å². The van der Waals surface area contributed by atoms with Crippen LogP contribution in [0.5, 0.6) is 0 Å². The Bertz CT molecular complexity index is 499. The number of hydrogen-bond acceptors (Lipinski definition) is 4. The van der Waals surface area contributed by atoms with Gasteiger partial charge in [0.2, 0.25) is 0 Å². The van der Waals surface area contributed by atoms with E-state index in [9.17, 15) is 14.9 Å². The molecule has 1 rings (SSSR count). The van der Waals surface area contributed by atoms with Gasteiger partial charge in [0.15, 0.2) is 0 Å². The van der Waals surface area contributed by atoms with E-state index in [4.69, 9.17) is 23.2 Å². The summed E-state index contributed by atoms with van der Waals surface area (Å²) in [4.78, 5) is 21.1. The number of carbonyl (C=O) groups excluding carboxylic acids is 1. The maximum absolute atomic E-state index is 11.0. The molecule has 0 saturated carbocycles. The lowest BCUT2D eigenvalue weighted by atomic mass is 10.2. The van der Waals surface area contributed by atoms with Crippen molar-refractivity contribution in [3.8, 4) is 0 Å². The lowest BCUT2D eigenvalue weighted by molar-refractivity contribution is -0.384. The molecule has 0 amide bonds. The zero-order valence-electron chi connectivity index (χ0n) is 8.65. The molecule has 0 bridgehead atoms. The summed E-state index contributed by atoms with van der Waals surface area (Å²) in [7, 11) is 1.17. The van der Waals surface area contributed by atoms with Gasteiger partial charge in [0, 0.05) is 11.6 Å². The number of hydrogen-bond donors (Lipinski definition) is 0. The Morgan fingerprint density at radius 2 is 2.18 bits per heavy atom. The van der Waals surface area contributed by atoms with Crippen LogP contribution in [-0.4, -0.2) is 18.0 Å². The molecule has 0 unspecified atom stereocenters. The number of nitro benzene ring substituents is 1. The molecule has 0 fully saturated rings. The first-order valence-corrected chi connectivity index (χ1v) is 5.11. The van der Waals surface area contributed by atoms with E-state index in [0.29, 0.717) is 0 Å². The summed E-state index contributed by atoms with van der Waals surface area (Å²) < 4.78 is 4.39. The molecule has 0 heterocycles. The quantitative estimate of drug-likeness (QED) is 0.368. The lowest BCUT2D eigenvalue weighted by Gasteiger charge is -2.01. The van der Waals surface area contributed by atoms with Crippen LogP contribution >= 0.6 is 23.2 Å². The van der Waals surface area contributed by atoms with Crippen LogP contribution in [0.3, 0.4) is 0 Å². The molecule has 0 aliphatic carbocycles. The molecule has 0 N–H and O–H groups in total. The van der Waals surface area contributed by atoms with Crippen molar-refractivity contribution in [3.05, 3.63) is 43.9 Å². The number of nitrogens with zero attached hydrogens (tertiary/aromatic N) is 1. The molecule has 0 saturated heterocycles. The molecule has 0 aliphatic heterocycles. The van der Waals surface area contributed by atoms with Crippen molar-refractivity contribution in [3.63, 3.8) is 0 Å². The SMILES string of the molecule is COC(=O)C(Cl)=Cc1cccc([N+](=O)[O-])c1Cl. The molecule has 90 valence electrons. The highest BCUT2D eigenvalue weighted by atomic mass is 35.5. The van der Waals surface area contributed by atoms with E-state index in [-0.39, 0.29) is 21.3 Å². The van der Waals surface area contributed by atoms with Crippen molar-refractivity contribution < 1.29 is 14.5 Å². The topological polar surface area (TPSA) is 69.4 Å². The molecular formula is C10H7Cl2NO4. The van der Waals surface area contributed by atoms with E-state index in [1.165, 1.54) is 31.4 Å². The third-order valence-electron chi connectivity index (χ3n) is 1.87. The Hall–Kier alpha value is -1.59. The summed E-state index contributed by atoms with van der Waals surface area (Å²) in [6, 6.07) is 4.20. The third kappa shape index (κ3) is 3.18. The third-order valence-corrected chi connectivity index (χ3v) is 2.54. The monoisotopic (exact) mass is 275 g/mol. The van der Waals surface area contributed by atoms with Crippen molar-refractivity contribution in [1.29, 1.82) is 0 Å². The number of methoxy groups -OCH3 is 1. The molecule has 0 spiro atoms. The van der Waals surface area contributed by atoms with Crippen LogP contribution in [0.25, 0.3) is 6.08 Å². The minimum Gasteiger partial charge on any atom is -0.465 e. The molecule has 0 radical (unpaired) electrons. The van der Waals surface area contributed by atoms with Crippen LogP contribution < -0.4 is 0 Å². The number of halogens is 2. The molecule has 1 aromatic rings. The minimum absolute atomic E-state index is 0.0837. The maximum atomic E-state index is 11.0. The molecule has 0 atom stereocenters. The highest BCUT2D eigenvalue weighted by Crippen LogP contribution is 2.29. The van der Waals surface area contributed by atoms with Crippen molar-refractivity contribution >= 4 is 40.9 Å². The van der Waals surface area contributed by atoms with E-state index >= 15 is 0 Å². The number of rotatable bonds is 3. The van der Waals surface area contributed by atoms with Crippen LogP contribution in [-0.2, 0) is 9.53 Å². The number of ether oxygens (including phenoxy) is 1. The van der Waals surface area contributed by atoms with Crippen LogP contribution in [0, 0.1) is 10.1 Å². The van der Waals surface area contributed by atoms with E-state index in [1.54, 1.807) is 0 Å². The van der Waals surface area contributed by atoms with E-state index < -0.39 is 10.9 Å². The maximum Gasteiger partial charge on any atom is 0.349 e. The first-order chi connectivity index (χ1) is 7.97. The van der Waals surface area contributed by atoms with Gasteiger partial charge >= 0.3 is 5.97 Å². The smallest absolute Gasteiger partial charge is 0.349 e. The molecule has 17 heavy (non-hydrogen) atoms. The summed E-state index contributed by atoms with van der Waals surface area (Å²) >= 11 is 11.4. The first-order valence-electron chi connectivity index (χ1n) is 4.35. The highest BCUT2D eigenvalue weighted by molar-refractivity contribution is 6.43. The van der Waals surface area contributed by atoms with Gasteiger partial charge in [-0.15, -0.1) is 0 Å². The molecule has 5 nitrogen and oxygen atoms in total. The summed E-state index contributed by atoms with van der Waals surface area (Å²) in [5.74, 6) is -0.741. The summed E-state index contributed by atoms with van der Waals surface area (Å²) in [6.45, 7) is 0. The van der Waals surface area contributed by atoms with Gasteiger partial charge in [0.25, 0.3) is 5.69 Å². The Kier molecular flexibility index (Phi) is 4.48. The van der Waals surface area contributed by atoms with Gasteiger partial charge in [-0.05, 0) is 6.08 Å². The molecular weight excluding hydrogens is 269 g/mol. The fraction of sp³-hybridized carbons (Fsp3) is 0.100. The minimum atomic E-state index is -0.741. The largest absolute Gasteiger partial charge is 0.465 e. The first kappa shape index (κ1) is 13.5. The molecule has 7 heteroatoms. The number of carbonyl (C=O) groups is 1. The van der Waals surface area contributed by atoms with Crippen LogP contribution in [0.2, 0.25) is 5.02 Å². The molecule has 1 aromatic carbocycles. The van der Waals surface area contributed by atoms with Gasteiger partial charge in [-0.25, -0.2) is 4.79 Å². The standard InChI is InChI=1S/C10H7Cl2NO4/c1-17-10(14)7(11)5-6-3-2-4-8(9(6)12)13(15)16/h2-5H,1H3. The second kappa shape index (κ2) is 5.65. The Morgan fingerprint density at radius 1 is 1.53 bits per heavy atom. The van der Waals surface area contributed by atoms with Crippen molar-refractivity contribution in [1.82, 2.24) is 0 Å². The second-order valence-electron chi connectivity index (χ2n) is 2.92. The predicted molar refractivity (Wildman–Crippen MR) is 64.0 cm³/mol.